The Morgan fingerprint density at radius 3 is 2.06 bits per heavy atom. The van der Waals surface area contributed by atoms with Crippen LogP contribution in [0.15, 0.2) is 7.73 Å². The monoisotopic (exact) mass is 394 g/mol. The summed E-state index contributed by atoms with van der Waals surface area (Å²) in [5.74, 6) is 1.17. The van der Waals surface area contributed by atoms with Crippen molar-refractivity contribution < 1.29 is 0 Å². The van der Waals surface area contributed by atoms with Crippen molar-refractivity contribution in [2.24, 2.45) is 0 Å². The van der Waals surface area contributed by atoms with E-state index < -0.39 is 0 Å². The second-order valence-electron chi connectivity index (χ2n) is 3.40. The van der Waals surface area contributed by atoms with E-state index in [4.69, 9.17) is 11.6 Å². The first-order valence-electron chi connectivity index (χ1n) is 6.04. The van der Waals surface area contributed by atoms with Gasteiger partial charge < -0.3 is 0 Å². The molecule has 0 aliphatic carbocycles. The van der Waals surface area contributed by atoms with Crippen LogP contribution in [0.1, 0.15) is 46.5 Å². The van der Waals surface area contributed by atoms with Crippen molar-refractivity contribution in [1.82, 2.24) is 0 Å². The van der Waals surface area contributed by atoms with Crippen molar-refractivity contribution in [3.8, 4) is 0 Å². The number of unbranched alkanes of at least 4 members (excludes halogenated alkanes) is 2. The van der Waals surface area contributed by atoms with Crippen LogP contribution in [-0.2, 0) is 0 Å². The van der Waals surface area contributed by atoms with E-state index in [2.05, 4.69) is 20.8 Å². The first-order valence-corrected chi connectivity index (χ1v) is 11.5. The molecule has 96 valence electrons. The molecule has 0 saturated carbocycles. The van der Waals surface area contributed by atoms with Gasteiger partial charge in [-0.3, -0.25) is 0 Å². The standard InChI is InChI=1S/C12H23ClSSe2/c1-4-7-9-15-11(13)12(14-6-3)16-10-8-5-2/h4-10H2,1-3H3. The van der Waals surface area contributed by atoms with E-state index in [1.165, 1.54) is 46.0 Å². The fourth-order valence-electron chi connectivity index (χ4n) is 0.960. The fraction of sp³-hybridized carbons (Fsp3) is 0.833. The molecule has 0 heterocycles. The molecule has 0 aromatic heterocycles. The Kier molecular flexibility index (Phi) is 14.0. The van der Waals surface area contributed by atoms with Gasteiger partial charge in [0, 0.05) is 0 Å². The summed E-state index contributed by atoms with van der Waals surface area (Å²) in [7, 11) is 0. The van der Waals surface area contributed by atoms with E-state index in [0.717, 1.165) is 0 Å². The maximum atomic E-state index is 6.44. The van der Waals surface area contributed by atoms with Crippen LogP contribution in [0.5, 0.6) is 0 Å². The van der Waals surface area contributed by atoms with Gasteiger partial charge >= 0.3 is 124 Å². The number of hydrogen-bond donors (Lipinski definition) is 0. The van der Waals surface area contributed by atoms with Gasteiger partial charge in [-0.15, -0.1) is 0 Å². The normalized spacial score (nSPS) is 12.8. The Morgan fingerprint density at radius 1 is 1.00 bits per heavy atom. The van der Waals surface area contributed by atoms with Crippen molar-refractivity contribution in [3.05, 3.63) is 7.73 Å². The molecule has 0 rings (SSSR count). The summed E-state index contributed by atoms with van der Waals surface area (Å²) in [6.45, 7) is 6.74. The Labute approximate surface area is 123 Å². The molecular formula is C12H23ClSSe2. The molecule has 0 radical (unpaired) electrons. The number of thioether (sulfide) groups is 1. The van der Waals surface area contributed by atoms with Gasteiger partial charge in [0.2, 0.25) is 0 Å². The average molecular weight is 393 g/mol. The van der Waals surface area contributed by atoms with Crippen LogP contribution in [0.3, 0.4) is 0 Å². The summed E-state index contributed by atoms with van der Waals surface area (Å²) in [6.07, 6.45) is 5.30. The molecule has 4 heteroatoms. The quantitative estimate of drug-likeness (QED) is 0.374. The van der Waals surface area contributed by atoms with Gasteiger partial charge in [-0.25, -0.2) is 0 Å². The number of hydrogen-bond acceptors (Lipinski definition) is 1. The van der Waals surface area contributed by atoms with Gasteiger partial charge in [0.25, 0.3) is 0 Å². The van der Waals surface area contributed by atoms with Crippen molar-refractivity contribution in [2.45, 2.75) is 57.1 Å². The third-order valence-electron chi connectivity index (χ3n) is 1.89. The predicted molar refractivity (Wildman–Crippen MR) is 81.9 cm³/mol. The van der Waals surface area contributed by atoms with Crippen LogP contribution < -0.4 is 0 Å². The van der Waals surface area contributed by atoms with E-state index in [-0.39, 0.29) is 0 Å². The zero-order chi connectivity index (χ0) is 12.2. The van der Waals surface area contributed by atoms with Crippen LogP contribution >= 0.6 is 23.4 Å². The van der Waals surface area contributed by atoms with E-state index in [1.807, 2.05) is 11.8 Å². The second-order valence-corrected chi connectivity index (χ2v) is 10.8. The van der Waals surface area contributed by atoms with Crippen LogP contribution in [0.25, 0.3) is 0 Å². The van der Waals surface area contributed by atoms with Crippen molar-refractivity contribution in [2.75, 3.05) is 5.75 Å². The molecule has 0 spiro atoms. The van der Waals surface area contributed by atoms with Gasteiger partial charge in [0.15, 0.2) is 0 Å². The Bertz CT molecular complexity index is 195. The van der Waals surface area contributed by atoms with Crippen molar-refractivity contribution in [3.63, 3.8) is 0 Å². The topological polar surface area (TPSA) is 0 Å². The van der Waals surface area contributed by atoms with Gasteiger partial charge in [-0.1, -0.05) is 0 Å². The molecule has 0 atom stereocenters. The zero-order valence-corrected chi connectivity index (χ0v) is 15.6. The minimum absolute atomic E-state index is 0.545. The summed E-state index contributed by atoms with van der Waals surface area (Å²) in [5.41, 5.74) is 0. The molecule has 0 fully saturated rings. The Morgan fingerprint density at radius 2 is 1.56 bits per heavy atom. The third kappa shape index (κ3) is 9.45. The van der Waals surface area contributed by atoms with E-state index in [0.29, 0.717) is 29.9 Å². The van der Waals surface area contributed by atoms with E-state index in [1.54, 1.807) is 3.80 Å². The summed E-state index contributed by atoms with van der Waals surface area (Å²) in [4.78, 5) is 0. The van der Waals surface area contributed by atoms with Crippen LogP contribution in [-0.4, -0.2) is 35.7 Å². The number of rotatable bonds is 10. The first kappa shape index (κ1) is 17.4. The summed E-state index contributed by atoms with van der Waals surface area (Å²) in [5, 5.41) is 2.69. The minimum atomic E-state index is 0.545. The van der Waals surface area contributed by atoms with Gasteiger partial charge in [-0.05, 0) is 0 Å². The molecule has 0 aromatic rings. The average Bonchev–Trinajstić information content (AvgIpc) is 2.28. The molecule has 0 amide bonds. The SMILES string of the molecule is CCCC[Se]C(Cl)=C(SCC)[Se]CCCC. The fourth-order valence-corrected chi connectivity index (χ4v) is 9.00. The van der Waals surface area contributed by atoms with Gasteiger partial charge in [-0.2, -0.15) is 0 Å². The van der Waals surface area contributed by atoms with Crippen LogP contribution in [0.2, 0.25) is 10.6 Å². The van der Waals surface area contributed by atoms with Crippen molar-refractivity contribution >= 4 is 53.3 Å². The molecule has 0 bridgehead atoms. The zero-order valence-electron chi connectivity index (χ0n) is 10.6. The van der Waals surface area contributed by atoms with Gasteiger partial charge in [0.1, 0.15) is 0 Å². The molecule has 0 aromatic carbocycles. The molecule has 0 nitrogen and oxygen atoms in total. The number of halogens is 1. The predicted octanol–water partition coefficient (Wildman–Crippen LogP) is 4.95. The van der Waals surface area contributed by atoms with Crippen molar-refractivity contribution in [1.29, 1.82) is 0 Å². The Hall–Kier alpha value is 1.42. The Balaban J connectivity index is 4.05. The van der Waals surface area contributed by atoms with E-state index >= 15 is 0 Å². The molecule has 0 saturated heterocycles. The first-order chi connectivity index (χ1) is 7.76. The van der Waals surface area contributed by atoms with E-state index in [9.17, 15) is 0 Å². The molecule has 0 aliphatic rings. The van der Waals surface area contributed by atoms with Crippen LogP contribution in [0.4, 0.5) is 0 Å². The van der Waals surface area contributed by atoms with Gasteiger partial charge in [0.05, 0.1) is 0 Å². The molecule has 0 N–H and O–H groups in total. The summed E-state index contributed by atoms with van der Waals surface area (Å²) in [6, 6.07) is 0. The van der Waals surface area contributed by atoms with Crippen LogP contribution in [0, 0.1) is 0 Å². The third-order valence-corrected chi connectivity index (χ3v) is 10.1. The molecule has 0 aliphatic heterocycles. The molecule has 0 unspecified atom stereocenters. The summed E-state index contributed by atoms with van der Waals surface area (Å²) >= 11 is 9.61. The maximum absolute atomic E-state index is 6.44. The molecule has 16 heavy (non-hydrogen) atoms. The second kappa shape index (κ2) is 12.9. The molecular weight excluding hydrogens is 370 g/mol. The summed E-state index contributed by atoms with van der Waals surface area (Å²) < 4.78 is 2.77.